The molecule has 1 aromatic rings. The second-order valence-corrected chi connectivity index (χ2v) is 7.13. The van der Waals surface area contributed by atoms with Gasteiger partial charge in [-0.1, -0.05) is 0 Å². The molecule has 2 heterocycles. The van der Waals surface area contributed by atoms with E-state index < -0.39 is 0 Å². The minimum atomic E-state index is -0.231. The lowest BCUT2D eigenvalue weighted by Gasteiger charge is -2.35. The molecule has 0 unspecified atom stereocenters. The molecule has 21 heavy (non-hydrogen) atoms. The molecule has 1 aliphatic carbocycles. The predicted molar refractivity (Wildman–Crippen MR) is 80.7 cm³/mol. The molecule has 5 nitrogen and oxygen atoms in total. The quantitative estimate of drug-likeness (QED) is 0.885. The topological polar surface area (TPSA) is 71.5 Å². The molecule has 0 atom stereocenters. The van der Waals surface area contributed by atoms with Crippen LogP contribution in [0.15, 0.2) is 0 Å². The molecule has 1 aromatic heterocycles. The maximum atomic E-state index is 12.3. The number of hydrogen-bond acceptors (Lipinski definition) is 5. The molecular formula is C15H22N2O3S. The Morgan fingerprint density at radius 2 is 2.10 bits per heavy atom. The molecule has 0 radical (unpaired) electrons. The van der Waals surface area contributed by atoms with Crippen LogP contribution in [-0.4, -0.2) is 42.4 Å². The zero-order chi connectivity index (χ0) is 14.7. The summed E-state index contributed by atoms with van der Waals surface area (Å²) in [5.41, 5.74) is 0.879. The lowest BCUT2D eigenvalue weighted by molar-refractivity contribution is -0.0146. The molecule has 2 N–H and O–H groups in total. The first-order valence-electron chi connectivity index (χ1n) is 7.68. The number of thiazole rings is 1. The fourth-order valence-electron chi connectivity index (χ4n) is 2.99. The molecule has 2 aliphatic rings. The third-order valence-electron chi connectivity index (χ3n) is 4.55. The number of aliphatic hydroxyl groups excluding tert-OH is 1. The normalized spacial score (nSPS) is 20.8. The SMILES string of the molecule is O=C(NCC1(CO)CCOCC1)c1nc2c(s1)CCCC2. The van der Waals surface area contributed by atoms with E-state index in [-0.39, 0.29) is 17.9 Å². The number of carbonyl (C=O) groups is 1. The second-order valence-electron chi connectivity index (χ2n) is 6.05. The molecule has 6 heteroatoms. The van der Waals surface area contributed by atoms with E-state index in [0.717, 1.165) is 31.4 Å². The molecule has 1 saturated heterocycles. The zero-order valence-corrected chi connectivity index (χ0v) is 13.0. The minimum absolute atomic E-state index is 0.0883. The number of aromatic nitrogens is 1. The standard InChI is InChI=1S/C15H22N2O3S/c18-10-15(5-7-20-8-6-15)9-16-13(19)14-17-11-3-1-2-4-12(11)21-14/h18H,1-10H2,(H,16,19). The summed E-state index contributed by atoms with van der Waals surface area (Å²) in [5, 5.41) is 13.2. The summed E-state index contributed by atoms with van der Waals surface area (Å²) in [6.07, 6.45) is 6.00. The van der Waals surface area contributed by atoms with Crippen LogP contribution in [0.2, 0.25) is 0 Å². The van der Waals surface area contributed by atoms with Gasteiger partial charge in [0.15, 0.2) is 5.01 Å². The number of amides is 1. The Morgan fingerprint density at radius 1 is 1.33 bits per heavy atom. The van der Waals surface area contributed by atoms with Gasteiger partial charge in [-0.2, -0.15) is 0 Å². The average Bonchev–Trinajstić information content (AvgIpc) is 2.97. The highest BCUT2D eigenvalue weighted by atomic mass is 32.1. The average molecular weight is 310 g/mol. The highest BCUT2D eigenvalue weighted by Crippen LogP contribution is 2.30. The van der Waals surface area contributed by atoms with Crippen LogP contribution < -0.4 is 5.32 Å². The second kappa shape index (κ2) is 6.42. The van der Waals surface area contributed by atoms with Crippen LogP contribution in [0.5, 0.6) is 0 Å². The predicted octanol–water partition coefficient (Wildman–Crippen LogP) is 1.54. The highest BCUT2D eigenvalue weighted by Gasteiger charge is 2.32. The third-order valence-corrected chi connectivity index (χ3v) is 5.71. The van der Waals surface area contributed by atoms with Crippen LogP contribution in [0.4, 0.5) is 0 Å². The summed E-state index contributed by atoms with van der Waals surface area (Å²) < 4.78 is 5.34. The molecule has 3 rings (SSSR count). The number of aliphatic hydroxyl groups is 1. The summed E-state index contributed by atoms with van der Waals surface area (Å²) in [6.45, 7) is 1.89. The Labute approximate surface area is 128 Å². The van der Waals surface area contributed by atoms with E-state index in [2.05, 4.69) is 10.3 Å². The van der Waals surface area contributed by atoms with Crippen molar-refractivity contribution in [1.82, 2.24) is 10.3 Å². The van der Waals surface area contributed by atoms with Gasteiger partial charge in [-0.15, -0.1) is 11.3 Å². The summed E-state index contributed by atoms with van der Waals surface area (Å²) in [5.74, 6) is -0.103. The molecule has 0 aromatic carbocycles. The highest BCUT2D eigenvalue weighted by molar-refractivity contribution is 7.13. The minimum Gasteiger partial charge on any atom is -0.396 e. The Kier molecular flexibility index (Phi) is 4.57. The van der Waals surface area contributed by atoms with Crippen LogP contribution in [0, 0.1) is 5.41 Å². The number of fused-ring (bicyclic) bond motifs is 1. The lowest BCUT2D eigenvalue weighted by atomic mass is 9.81. The zero-order valence-electron chi connectivity index (χ0n) is 12.2. The van der Waals surface area contributed by atoms with Gasteiger partial charge in [-0.25, -0.2) is 4.98 Å². The molecular weight excluding hydrogens is 288 g/mol. The Balaban J connectivity index is 1.62. The molecule has 1 fully saturated rings. The van der Waals surface area contributed by atoms with Crippen LogP contribution >= 0.6 is 11.3 Å². The van der Waals surface area contributed by atoms with Crippen molar-refractivity contribution < 1.29 is 14.6 Å². The molecule has 116 valence electrons. The van der Waals surface area contributed by atoms with Gasteiger partial charge in [0.25, 0.3) is 5.91 Å². The molecule has 0 bridgehead atoms. The number of carbonyl (C=O) groups excluding carboxylic acids is 1. The summed E-state index contributed by atoms with van der Waals surface area (Å²) in [6, 6.07) is 0. The molecule has 0 spiro atoms. The summed E-state index contributed by atoms with van der Waals surface area (Å²) in [7, 11) is 0. The van der Waals surface area contributed by atoms with Crippen molar-refractivity contribution in [3.63, 3.8) is 0 Å². The van der Waals surface area contributed by atoms with Crippen molar-refractivity contribution in [3.8, 4) is 0 Å². The molecule has 0 saturated carbocycles. The monoisotopic (exact) mass is 310 g/mol. The Hall–Kier alpha value is -0.980. The Morgan fingerprint density at radius 3 is 2.81 bits per heavy atom. The van der Waals surface area contributed by atoms with Gasteiger partial charge < -0.3 is 15.2 Å². The number of ether oxygens (including phenoxy) is 1. The van der Waals surface area contributed by atoms with Crippen LogP contribution in [0.3, 0.4) is 0 Å². The van der Waals surface area contributed by atoms with Crippen LogP contribution in [-0.2, 0) is 17.6 Å². The van der Waals surface area contributed by atoms with Crippen molar-refractivity contribution in [2.24, 2.45) is 5.41 Å². The van der Waals surface area contributed by atoms with E-state index in [1.54, 1.807) is 0 Å². The molecule has 1 aliphatic heterocycles. The van der Waals surface area contributed by atoms with Gasteiger partial charge in [0, 0.05) is 30.1 Å². The van der Waals surface area contributed by atoms with Crippen molar-refractivity contribution in [1.29, 1.82) is 0 Å². The van der Waals surface area contributed by atoms with Gasteiger partial charge in [0.05, 0.1) is 12.3 Å². The largest absolute Gasteiger partial charge is 0.396 e. The fourth-order valence-corrected chi connectivity index (χ4v) is 4.05. The van der Waals surface area contributed by atoms with Crippen molar-refractivity contribution in [2.75, 3.05) is 26.4 Å². The first-order valence-corrected chi connectivity index (χ1v) is 8.49. The number of hydrogen-bond donors (Lipinski definition) is 2. The van der Waals surface area contributed by atoms with Crippen molar-refractivity contribution in [2.45, 2.75) is 38.5 Å². The van der Waals surface area contributed by atoms with E-state index in [0.29, 0.717) is 24.8 Å². The van der Waals surface area contributed by atoms with Crippen LogP contribution in [0.25, 0.3) is 0 Å². The maximum Gasteiger partial charge on any atom is 0.280 e. The summed E-state index contributed by atoms with van der Waals surface area (Å²) >= 11 is 1.53. The van der Waals surface area contributed by atoms with Crippen molar-refractivity contribution in [3.05, 3.63) is 15.6 Å². The van der Waals surface area contributed by atoms with Crippen LogP contribution in [0.1, 0.15) is 46.1 Å². The van der Waals surface area contributed by atoms with Gasteiger partial charge in [0.1, 0.15) is 0 Å². The van der Waals surface area contributed by atoms with Crippen molar-refractivity contribution >= 4 is 17.2 Å². The smallest absolute Gasteiger partial charge is 0.280 e. The number of rotatable bonds is 4. The first kappa shape index (κ1) is 14.9. The molecule has 1 amide bonds. The van der Waals surface area contributed by atoms with E-state index in [1.807, 2.05) is 0 Å². The third kappa shape index (κ3) is 3.27. The first-order chi connectivity index (χ1) is 10.2. The van der Waals surface area contributed by atoms with Gasteiger partial charge in [0.2, 0.25) is 0 Å². The van der Waals surface area contributed by atoms with E-state index in [9.17, 15) is 9.90 Å². The number of aryl methyl sites for hydroxylation is 2. The fraction of sp³-hybridized carbons (Fsp3) is 0.733. The summed E-state index contributed by atoms with van der Waals surface area (Å²) in [4.78, 5) is 18.0. The maximum absolute atomic E-state index is 12.3. The van der Waals surface area contributed by atoms with Gasteiger partial charge in [-0.3, -0.25) is 4.79 Å². The van der Waals surface area contributed by atoms with Gasteiger partial charge in [-0.05, 0) is 38.5 Å². The van der Waals surface area contributed by atoms with E-state index in [4.69, 9.17) is 4.74 Å². The lowest BCUT2D eigenvalue weighted by Crippen LogP contribution is -2.43. The number of nitrogens with one attached hydrogen (secondary N) is 1. The number of nitrogens with zero attached hydrogens (tertiary/aromatic N) is 1. The Bertz CT molecular complexity index is 486. The van der Waals surface area contributed by atoms with E-state index in [1.165, 1.54) is 29.1 Å². The van der Waals surface area contributed by atoms with E-state index >= 15 is 0 Å². The van der Waals surface area contributed by atoms with Gasteiger partial charge >= 0.3 is 0 Å².